The monoisotopic (exact) mass is 361 g/mol. The average molecular weight is 361 g/mol. The molecular weight excluding hydrogens is 347 g/mol. The van der Waals surface area contributed by atoms with Gasteiger partial charge in [0.2, 0.25) is 0 Å². The van der Waals surface area contributed by atoms with Crippen LogP contribution in [0.2, 0.25) is 0 Å². The van der Waals surface area contributed by atoms with E-state index in [9.17, 15) is 9.18 Å². The first-order valence-corrected chi connectivity index (χ1v) is 8.37. The van der Waals surface area contributed by atoms with Crippen molar-refractivity contribution in [2.24, 2.45) is 0 Å². The maximum Gasteiger partial charge on any atom is 0.408 e. The Morgan fingerprint density at radius 2 is 1.93 bits per heavy atom. The minimum atomic E-state index is -0.358. The molecule has 3 heterocycles. The highest BCUT2D eigenvalue weighted by atomic mass is 19.1. The fourth-order valence-electron chi connectivity index (χ4n) is 3.20. The molecule has 5 aromatic rings. The third-order valence-electron chi connectivity index (χ3n) is 4.46. The van der Waals surface area contributed by atoms with Crippen molar-refractivity contribution in [2.75, 3.05) is 0 Å². The first kappa shape index (κ1) is 15.4. The molecule has 0 saturated carbocycles. The zero-order chi connectivity index (χ0) is 18.4. The van der Waals surface area contributed by atoms with Crippen molar-refractivity contribution in [3.05, 3.63) is 89.1 Å². The molecule has 27 heavy (non-hydrogen) atoms. The molecule has 5 rings (SSSR count). The Morgan fingerprint density at radius 1 is 1.11 bits per heavy atom. The van der Waals surface area contributed by atoms with Gasteiger partial charge in [-0.2, -0.15) is 0 Å². The Labute approximate surface area is 151 Å². The normalized spacial score (nSPS) is 11.4. The van der Waals surface area contributed by atoms with Crippen LogP contribution in [0, 0.1) is 5.82 Å². The number of nitrogens with zero attached hydrogens (tertiary/aromatic N) is 5. The second-order valence-electron chi connectivity index (χ2n) is 6.18. The fourth-order valence-corrected chi connectivity index (χ4v) is 3.20. The van der Waals surface area contributed by atoms with Crippen molar-refractivity contribution in [1.82, 2.24) is 24.4 Å². The molecular formula is C19H14FN6O+. The second kappa shape index (κ2) is 5.87. The van der Waals surface area contributed by atoms with E-state index in [2.05, 4.69) is 10.2 Å². The van der Waals surface area contributed by atoms with E-state index in [1.54, 1.807) is 29.2 Å². The van der Waals surface area contributed by atoms with E-state index in [-0.39, 0.29) is 11.4 Å². The predicted octanol–water partition coefficient (Wildman–Crippen LogP) is 1.84. The molecule has 0 aliphatic carbocycles. The van der Waals surface area contributed by atoms with E-state index in [1.807, 2.05) is 35.0 Å². The van der Waals surface area contributed by atoms with Gasteiger partial charge >= 0.3 is 5.56 Å². The minimum Gasteiger partial charge on any atom is -0.331 e. The van der Waals surface area contributed by atoms with E-state index >= 15 is 0 Å². The van der Waals surface area contributed by atoms with Gasteiger partial charge in [0.05, 0.1) is 12.9 Å². The molecule has 8 heteroatoms. The summed E-state index contributed by atoms with van der Waals surface area (Å²) >= 11 is 0. The summed E-state index contributed by atoms with van der Waals surface area (Å²) in [6, 6.07) is 13.3. The molecule has 0 unspecified atom stereocenters. The molecule has 7 nitrogen and oxygen atoms in total. The zero-order valence-corrected chi connectivity index (χ0v) is 14.1. The maximum atomic E-state index is 13.3. The molecule has 132 valence electrons. The van der Waals surface area contributed by atoms with Crippen LogP contribution >= 0.6 is 0 Å². The largest absolute Gasteiger partial charge is 0.408 e. The van der Waals surface area contributed by atoms with Crippen molar-refractivity contribution in [1.29, 1.82) is 0 Å². The summed E-state index contributed by atoms with van der Waals surface area (Å²) in [6.45, 7) is 0.408. The van der Waals surface area contributed by atoms with E-state index in [0.29, 0.717) is 23.4 Å². The summed E-state index contributed by atoms with van der Waals surface area (Å²) in [5.41, 5.74) is 2.88. The smallest absolute Gasteiger partial charge is 0.331 e. The standard InChI is InChI=1S/C19H13FN6O/c20-13-5-7-14(8-6-13)25-19(27)18-16(11-24-10-9-21-12-24)22-15-3-1-2-4-17(15)26(18)23-25/h1-10,12H,11H2/p+1. The third-order valence-corrected chi connectivity index (χ3v) is 4.46. The van der Waals surface area contributed by atoms with Crippen LogP contribution in [0.3, 0.4) is 0 Å². The van der Waals surface area contributed by atoms with Crippen LogP contribution < -0.4 is 10.1 Å². The molecule has 0 amide bonds. The van der Waals surface area contributed by atoms with Gasteiger partial charge in [0.15, 0.2) is 11.2 Å². The van der Waals surface area contributed by atoms with Gasteiger partial charge in [-0.25, -0.2) is 19.2 Å². The number of rotatable bonds is 3. The molecule has 0 fully saturated rings. The summed E-state index contributed by atoms with van der Waals surface area (Å²) in [7, 11) is 0. The number of para-hydroxylation sites is 2. The lowest BCUT2D eigenvalue weighted by molar-refractivity contribution is -0.556. The third kappa shape index (κ3) is 2.50. The predicted molar refractivity (Wildman–Crippen MR) is 96.1 cm³/mol. The number of aromatic amines is 1. The molecule has 0 aliphatic heterocycles. The number of aromatic nitrogens is 6. The SMILES string of the molecule is O=c1c2c(Cn3ccnc3)nc3ccccc3[n+]2[nH]n1-c1ccc(F)cc1. The second-order valence-corrected chi connectivity index (χ2v) is 6.18. The van der Waals surface area contributed by atoms with Gasteiger partial charge in [-0.15, -0.1) is 4.52 Å². The van der Waals surface area contributed by atoms with Crippen molar-refractivity contribution in [2.45, 2.75) is 6.54 Å². The molecule has 3 aromatic heterocycles. The Kier molecular flexibility index (Phi) is 3.36. The van der Waals surface area contributed by atoms with Gasteiger partial charge in [-0.1, -0.05) is 22.0 Å². The Morgan fingerprint density at radius 3 is 2.70 bits per heavy atom. The topological polar surface area (TPSA) is 72.6 Å². The molecule has 0 aliphatic rings. The molecule has 1 N–H and O–H groups in total. The van der Waals surface area contributed by atoms with Crippen LogP contribution in [0.1, 0.15) is 5.69 Å². The minimum absolute atomic E-state index is 0.255. The molecule has 0 bridgehead atoms. The lowest BCUT2D eigenvalue weighted by atomic mass is 10.2. The van der Waals surface area contributed by atoms with Gasteiger partial charge in [0, 0.05) is 12.4 Å². The fraction of sp³-hybridized carbons (Fsp3) is 0.0526. The number of hydrogen-bond acceptors (Lipinski definition) is 3. The number of nitrogens with one attached hydrogen (secondary N) is 1. The highest BCUT2D eigenvalue weighted by molar-refractivity contribution is 5.72. The molecule has 2 aromatic carbocycles. The summed E-state index contributed by atoms with van der Waals surface area (Å²) in [6.07, 6.45) is 5.18. The highest BCUT2D eigenvalue weighted by Crippen LogP contribution is 2.13. The summed E-state index contributed by atoms with van der Waals surface area (Å²) in [4.78, 5) is 21.9. The molecule has 0 saturated heterocycles. The molecule has 0 atom stereocenters. The number of fused-ring (bicyclic) bond motifs is 3. The van der Waals surface area contributed by atoms with Gasteiger partial charge in [-0.3, -0.25) is 0 Å². The van der Waals surface area contributed by atoms with Crippen LogP contribution in [0.4, 0.5) is 4.39 Å². The summed E-state index contributed by atoms with van der Waals surface area (Å²) in [5, 5.41) is 3.10. The van der Waals surface area contributed by atoms with E-state index in [0.717, 1.165) is 11.0 Å². The lowest BCUT2D eigenvalue weighted by Crippen LogP contribution is -2.28. The number of benzene rings is 2. The maximum absolute atomic E-state index is 13.3. The molecule has 0 radical (unpaired) electrons. The first-order valence-electron chi connectivity index (χ1n) is 8.37. The van der Waals surface area contributed by atoms with E-state index in [4.69, 9.17) is 4.98 Å². The van der Waals surface area contributed by atoms with Gasteiger partial charge in [0.25, 0.3) is 5.52 Å². The molecule has 0 spiro atoms. The van der Waals surface area contributed by atoms with Crippen LogP contribution in [-0.2, 0) is 6.54 Å². The average Bonchev–Trinajstić information content (AvgIpc) is 3.31. The van der Waals surface area contributed by atoms with Crippen molar-refractivity contribution < 1.29 is 8.91 Å². The van der Waals surface area contributed by atoms with Crippen LogP contribution in [-0.4, -0.2) is 24.4 Å². The van der Waals surface area contributed by atoms with Crippen LogP contribution in [0.15, 0.2) is 72.0 Å². The van der Waals surface area contributed by atoms with Crippen molar-refractivity contribution >= 4 is 16.6 Å². The Hall–Kier alpha value is -3.81. The summed E-state index contributed by atoms with van der Waals surface area (Å²) in [5.74, 6) is -0.358. The van der Waals surface area contributed by atoms with Crippen LogP contribution in [0.5, 0.6) is 0 Å². The van der Waals surface area contributed by atoms with E-state index < -0.39 is 0 Å². The number of imidazole rings is 1. The van der Waals surface area contributed by atoms with Crippen LogP contribution in [0.25, 0.3) is 22.2 Å². The Bertz CT molecular complexity index is 1320. The Balaban J connectivity index is 1.83. The quantitative estimate of drug-likeness (QED) is 0.499. The summed E-state index contributed by atoms with van der Waals surface area (Å²) < 4.78 is 18.2. The van der Waals surface area contributed by atoms with Gasteiger partial charge in [0.1, 0.15) is 17.0 Å². The van der Waals surface area contributed by atoms with Crippen molar-refractivity contribution in [3.8, 4) is 5.69 Å². The lowest BCUT2D eigenvalue weighted by Gasteiger charge is -2.03. The number of halogens is 1. The first-order chi connectivity index (χ1) is 13.2. The highest BCUT2D eigenvalue weighted by Gasteiger charge is 2.24. The van der Waals surface area contributed by atoms with E-state index in [1.165, 1.54) is 16.8 Å². The van der Waals surface area contributed by atoms with Crippen molar-refractivity contribution in [3.63, 3.8) is 0 Å². The van der Waals surface area contributed by atoms with Gasteiger partial charge < -0.3 is 4.57 Å². The van der Waals surface area contributed by atoms with Gasteiger partial charge in [-0.05, 0) is 36.4 Å². The zero-order valence-electron chi connectivity index (χ0n) is 14.1. The number of H-pyrrole nitrogens is 1. The number of hydrogen-bond donors (Lipinski definition) is 1.